The Bertz CT molecular complexity index is 335. The summed E-state index contributed by atoms with van der Waals surface area (Å²) in [6.07, 6.45) is 1.99. The maximum absolute atomic E-state index is 11.7. The molecule has 0 bridgehead atoms. The van der Waals surface area contributed by atoms with E-state index < -0.39 is 0 Å². The van der Waals surface area contributed by atoms with Crippen molar-refractivity contribution < 1.29 is 4.79 Å². The number of nitrogens with zero attached hydrogens (tertiary/aromatic N) is 1. The maximum Gasteiger partial charge on any atom is 0.226 e. The first-order valence-electron chi connectivity index (χ1n) is 5.40. The molecule has 1 aromatic carbocycles. The van der Waals surface area contributed by atoms with Crippen molar-refractivity contribution in [2.45, 2.75) is 13.0 Å². The van der Waals surface area contributed by atoms with E-state index in [0.29, 0.717) is 26.1 Å². The van der Waals surface area contributed by atoms with Crippen LogP contribution < -0.4 is 5.73 Å². The van der Waals surface area contributed by atoms with Gasteiger partial charge in [0.2, 0.25) is 5.91 Å². The maximum atomic E-state index is 11.7. The Hall–Kier alpha value is -1.61. The Morgan fingerprint density at radius 2 is 2.06 bits per heavy atom. The summed E-state index contributed by atoms with van der Waals surface area (Å²) in [7, 11) is 0. The van der Waals surface area contributed by atoms with E-state index in [4.69, 9.17) is 5.73 Å². The third-order valence-electron chi connectivity index (χ3n) is 2.29. The van der Waals surface area contributed by atoms with Gasteiger partial charge in [0.05, 0.1) is 0 Å². The van der Waals surface area contributed by atoms with E-state index in [1.54, 1.807) is 11.0 Å². The summed E-state index contributed by atoms with van der Waals surface area (Å²) < 4.78 is 0. The fourth-order valence-electron chi connectivity index (χ4n) is 1.50. The lowest BCUT2D eigenvalue weighted by Gasteiger charge is -2.21. The lowest BCUT2D eigenvalue weighted by molar-refractivity contribution is -0.130. The van der Waals surface area contributed by atoms with E-state index in [-0.39, 0.29) is 5.91 Å². The minimum atomic E-state index is 0.0734. The molecule has 16 heavy (non-hydrogen) atoms. The van der Waals surface area contributed by atoms with Crippen LogP contribution in [-0.2, 0) is 11.3 Å². The summed E-state index contributed by atoms with van der Waals surface area (Å²) in [6.45, 7) is 5.25. The van der Waals surface area contributed by atoms with Crippen molar-refractivity contribution in [2.75, 3.05) is 13.1 Å². The summed E-state index contributed by atoms with van der Waals surface area (Å²) in [6, 6.07) is 9.90. The average Bonchev–Trinajstić information content (AvgIpc) is 2.30. The van der Waals surface area contributed by atoms with Crippen LogP contribution >= 0.6 is 0 Å². The molecule has 0 heterocycles. The highest BCUT2D eigenvalue weighted by molar-refractivity contribution is 5.77. The standard InChI is InChI=1S/C13H18N2O/c1-2-6-13(16)15(10-9-14)11-12-7-4-3-5-8-12/h2-5,7-8H,1,6,9-11,14H2. The fourth-order valence-corrected chi connectivity index (χ4v) is 1.50. The van der Waals surface area contributed by atoms with Crippen LogP contribution in [-0.4, -0.2) is 23.9 Å². The molecule has 0 aliphatic rings. The summed E-state index contributed by atoms with van der Waals surface area (Å²) in [5.74, 6) is 0.0734. The molecule has 0 spiro atoms. The molecule has 0 fully saturated rings. The largest absolute Gasteiger partial charge is 0.337 e. The van der Waals surface area contributed by atoms with Crippen LogP contribution in [0.15, 0.2) is 43.0 Å². The predicted octanol–water partition coefficient (Wildman–Crippen LogP) is 1.55. The molecule has 3 nitrogen and oxygen atoms in total. The minimum Gasteiger partial charge on any atom is -0.337 e. The third-order valence-corrected chi connectivity index (χ3v) is 2.29. The zero-order valence-corrected chi connectivity index (χ0v) is 9.43. The molecule has 0 saturated carbocycles. The second-order valence-electron chi connectivity index (χ2n) is 3.58. The quantitative estimate of drug-likeness (QED) is 0.736. The van der Waals surface area contributed by atoms with Gasteiger partial charge in [-0.1, -0.05) is 36.4 Å². The van der Waals surface area contributed by atoms with E-state index in [1.165, 1.54) is 0 Å². The van der Waals surface area contributed by atoms with Gasteiger partial charge in [-0.15, -0.1) is 6.58 Å². The predicted molar refractivity (Wildman–Crippen MR) is 65.7 cm³/mol. The van der Waals surface area contributed by atoms with E-state index in [1.807, 2.05) is 30.3 Å². The van der Waals surface area contributed by atoms with Gasteiger partial charge < -0.3 is 10.6 Å². The summed E-state index contributed by atoms with van der Waals surface area (Å²) in [5, 5.41) is 0. The third kappa shape index (κ3) is 3.87. The number of benzene rings is 1. The molecule has 1 aromatic rings. The molecular formula is C13H18N2O. The molecule has 0 radical (unpaired) electrons. The molecule has 2 N–H and O–H groups in total. The highest BCUT2D eigenvalue weighted by atomic mass is 16.2. The van der Waals surface area contributed by atoms with Crippen LogP contribution in [0, 0.1) is 0 Å². The second-order valence-corrected chi connectivity index (χ2v) is 3.58. The highest BCUT2D eigenvalue weighted by Crippen LogP contribution is 2.05. The Balaban J connectivity index is 2.64. The zero-order chi connectivity index (χ0) is 11.8. The van der Waals surface area contributed by atoms with Gasteiger partial charge >= 0.3 is 0 Å². The summed E-state index contributed by atoms with van der Waals surface area (Å²) in [5.41, 5.74) is 6.62. The number of amides is 1. The summed E-state index contributed by atoms with van der Waals surface area (Å²) >= 11 is 0. The monoisotopic (exact) mass is 218 g/mol. The lowest BCUT2D eigenvalue weighted by atomic mass is 10.2. The minimum absolute atomic E-state index is 0.0734. The normalized spacial score (nSPS) is 9.81. The first kappa shape index (κ1) is 12.5. The van der Waals surface area contributed by atoms with Crippen molar-refractivity contribution in [1.82, 2.24) is 4.90 Å². The van der Waals surface area contributed by atoms with Crippen LogP contribution in [0.2, 0.25) is 0 Å². The lowest BCUT2D eigenvalue weighted by Crippen LogP contribution is -2.34. The van der Waals surface area contributed by atoms with Gasteiger partial charge in [0.15, 0.2) is 0 Å². The van der Waals surface area contributed by atoms with Crippen molar-refractivity contribution in [3.8, 4) is 0 Å². The van der Waals surface area contributed by atoms with Gasteiger partial charge in [-0.3, -0.25) is 4.79 Å². The Morgan fingerprint density at radius 1 is 1.38 bits per heavy atom. The topological polar surface area (TPSA) is 46.3 Å². The van der Waals surface area contributed by atoms with Crippen LogP contribution in [0.25, 0.3) is 0 Å². The SMILES string of the molecule is C=CCC(=O)N(CCN)Cc1ccccc1. The van der Waals surface area contributed by atoms with Gasteiger partial charge in [0.25, 0.3) is 0 Å². The van der Waals surface area contributed by atoms with Crippen LogP contribution in [0.4, 0.5) is 0 Å². The van der Waals surface area contributed by atoms with Gasteiger partial charge in [-0.05, 0) is 5.56 Å². The Kier molecular flexibility index (Phi) is 5.29. The number of hydrogen-bond donors (Lipinski definition) is 1. The van der Waals surface area contributed by atoms with Crippen molar-refractivity contribution >= 4 is 5.91 Å². The molecule has 1 rings (SSSR count). The smallest absolute Gasteiger partial charge is 0.226 e. The van der Waals surface area contributed by atoms with Crippen molar-refractivity contribution in [3.63, 3.8) is 0 Å². The first-order valence-corrected chi connectivity index (χ1v) is 5.40. The van der Waals surface area contributed by atoms with Crippen molar-refractivity contribution in [1.29, 1.82) is 0 Å². The van der Waals surface area contributed by atoms with Gasteiger partial charge in [-0.2, -0.15) is 0 Å². The fraction of sp³-hybridized carbons (Fsp3) is 0.308. The molecule has 0 unspecified atom stereocenters. The number of nitrogens with two attached hydrogens (primary N) is 1. The Labute approximate surface area is 96.6 Å². The molecule has 0 aliphatic heterocycles. The average molecular weight is 218 g/mol. The zero-order valence-electron chi connectivity index (χ0n) is 9.43. The Morgan fingerprint density at radius 3 is 2.62 bits per heavy atom. The molecule has 0 atom stereocenters. The molecule has 0 saturated heterocycles. The number of carbonyl (C=O) groups is 1. The first-order chi connectivity index (χ1) is 7.77. The van der Waals surface area contributed by atoms with Gasteiger partial charge in [0, 0.05) is 26.1 Å². The van der Waals surface area contributed by atoms with E-state index in [9.17, 15) is 4.79 Å². The number of carbonyl (C=O) groups excluding carboxylic acids is 1. The van der Waals surface area contributed by atoms with Crippen LogP contribution in [0.5, 0.6) is 0 Å². The van der Waals surface area contributed by atoms with Gasteiger partial charge in [0.1, 0.15) is 0 Å². The van der Waals surface area contributed by atoms with Crippen molar-refractivity contribution in [3.05, 3.63) is 48.6 Å². The summed E-state index contributed by atoms with van der Waals surface area (Å²) in [4.78, 5) is 13.5. The van der Waals surface area contributed by atoms with E-state index in [2.05, 4.69) is 6.58 Å². The second kappa shape index (κ2) is 6.80. The molecule has 3 heteroatoms. The van der Waals surface area contributed by atoms with E-state index >= 15 is 0 Å². The van der Waals surface area contributed by atoms with Crippen molar-refractivity contribution in [2.24, 2.45) is 5.73 Å². The van der Waals surface area contributed by atoms with Gasteiger partial charge in [-0.25, -0.2) is 0 Å². The molecule has 0 aliphatic carbocycles. The molecule has 86 valence electrons. The number of rotatable bonds is 6. The molecular weight excluding hydrogens is 200 g/mol. The highest BCUT2D eigenvalue weighted by Gasteiger charge is 2.10. The number of hydrogen-bond acceptors (Lipinski definition) is 2. The van der Waals surface area contributed by atoms with Crippen LogP contribution in [0.1, 0.15) is 12.0 Å². The molecule has 1 amide bonds. The molecule has 0 aromatic heterocycles. The van der Waals surface area contributed by atoms with E-state index in [0.717, 1.165) is 5.56 Å². The van der Waals surface area contributed by atoms with Crippen LogP contribution in [0.3, 0.4) is 0 Å².